The van der Waals surface area contributed by atoms with Crippen molar-refractivity contribution in [2.45, 2.75) is 23.7 Å². The zero-order valence-electron chi connectivity index (χ0n) is 26.0. The molecule has 48 heavy (non-hydrogen) atoms. The highest BCUT2D eigenvalue weighted by atomic mass is 79.9. The van der Waals surface area contributed by atoms with Crippen molar-refractivity contribution in [2.24, 2.45) is 0 Å². The summed E-state index contributed by atoms with van der Waals surface area (Å²) >= 11 is 7.82. The van der Waals surface area contributed by atoms with E-state index >= 15 is 0 Å². The molecular weight excluding hydrogens is 712 g/mol. The predicted molar refractivity (Wildman–Crippen MR) is 202 cm³/mol. The normalized spacial score (nSPS) is 15.9. The summed E-state index contributed by atoms with van der Waals surface area (Å²) in [4.78, 5) is 0. The number of hydrogen-bond donors (Lipinski definition) is 0. The summed E-state index contributed by atoms with van der Waals surface area (Å²) in [6, 6.07) is 55.8. The second-order valence-corrected chi connectivity index (χ2v) is 15.6. The van der Waals surface area contributed by atoms with Crippen LogP contribution in [0, 0.1) is 0 Å². The highest BCUT2D eigenvalue weighted by molar-refractivity contribution is 9.10. The van der Waals surface area contributed by atoms with Crippen molar-refractivity contribution in [2.75, 3.05) is 0 Å². The molecule has 0 aromatic heterocycles. The number of benzene rings is 7. The number of hydrogen-bond acceptors (Lipinski definition) is 0. The second kappa shape index (κ2) is 9.56. The maximum atomic E-state index is 3.91. The molecule has 4 aliphatic rings. The Morgan fingerprint density at radius 3 is 0.979 bits per heavy atom. The van der Waals surface area contributed by atoms with Gasteiger partial charge < -0.3 is 0 Å². The van der Waals surface area contributed by atoms with Crippen molar-refractivity contribution in [3.8, 4) is 22.3 Å². The van der Waals surface area contributed by atoms with E-state index in [2.05, 4.69) is 177 Å². The van der Waals surface area contributed by atoms with Crippen LogP contribution in [0.1, 0.15) is 66.8 Å². The Morgan fingerprint density at radius 2 is 0.625 bits per heavy atom. The molecule has 0 saturated heterocycles. The lowest BCUT2D eigenvalue weighted by Crippen LogP contribution is -2.35. The van der Waals surface area contributed by atoms with Crippen LogP contribution in [-0.2, 0) is 23.7 Å². The SMILES string of the molecule is Brc1ccc2c(c1)C1(c3ccccc3Cc3ccccc31)c1cc3c(cc1-2)C1(c2ccccc2Cc2ccccc21)c1cc(Br)ccc1-3. The minimum Gasteiger partial charge on any atom is -0.0620 e. The summed E-state index contributed by atoms with van der Waals surface area (Å²) in [5.74, 6) is 0. The number of fused-ring (bicyclic) bond motifs is 18. The van der Waals surface area contributed by atoms with Gasteiger partial charge in [-0.15, -0.1) is 0 Å². The van der Waals surface area contributed by atoms with Gasteiger partial charge in [0.2, 0.25) is 0 Å². The Kier molecular flexibility index (Phi) is 5.47. The zero-order chi connectivity index (χ0) is 31.8. The molecule has 11 rings (SSSR count). The lowest BCUT2D eigenvalue weighted by atomic mass is 9.60. The van der Waals surface area contributed by atoms with Crippen LogP contribution in [0.2, 0.25) is 0 Å². The minimum atomic E-state index is -0.414. The van der Waals surface area contributed by atoms with E-state index in [4.69, 9.17) is 0 Å². The summed E-state index contributed by atoms with van der Waals surface area (Å²) in [5, 5.41) is 0. The third kappa shape index (κ3) is 3.22. The van der Waals surface area contributed by atoms with Crippen molar-refractivity contribution in [1.82, 2.24) is 0 Å². The molecule has 0 nitrogen and oxygen atoms in total. The Hall–Kier alpha value is -4.50. The van der Waals surface area contributed by atoms with E-state index < -0.39 is 10.8 Å². The number of halogens is 2. The van der Waals surface area contributed by atoms with E-state index in [0.29, 0.717) is 0 Å². The molecule has 0 aliphatic heterocycles. The van der Waals surface area contributed by atoms with Gasteiger partial charge in [-0.05, 0) is 138 Å². The summed E-state index contributed by atoms with van der Waals surface area (Å²) < 4.78 is 2.23. The molecule has 0 fully saturated rings. The monoisotopic (exact) mass is 738 g/mol. The van der Waals surface area contributed by atoms with Gasteiger partial charge in [0, 0.05) is 8.95 Å². The van der Waals surface area contributed by atoms with Crippen molar-refractivity contribution in [3.05, 3.63) is 221 Å². The van der Waals surface area contributed by atoms with E-state index in [9.17, 15) is 0 Å². The molecule has 0 N–H and O–H groups in total. The first kappa shape index (κ1) is 27.5. The summed E-state index contributed by atoms with van der Waals surface area (Å²) in [5.41, 5.74) is 21.3. The maximum absolute atomic E-state index is 3.91. The molecule has 4 aliphatic carbocycles. The smallest absolute Gasteiger partial charge is 0.0620 e. The van der Waals surface area contributed by atoms with Gasteiger partial charge in [0.05, 0.1) is 10.8 Å². The Balaban J connectivity index is 1.34. The average Bonchev–Trinajstić information content (AvgIpc) is 3.54. The first-order chi connectivity index (χ1) is 23.6. The molecule has 2 heteroatoms. The van der Waals surface area contributed by atoms with Gasteiger partial charge in [-0.1, -0.05) is 141 Å². The topological polar surface area (TPSA) is 0 Å². The fraction of sp³-hybridized carbons (Fsp3) is 0.0870. The van der Waals surface area contributed by atoms with Gasteiger partial charge in [-0.2, -0.15) is 0 Å². The van der Waals surface area contributed by atoms with E-state index in [1.54, 1.807) is 0 Å². The summed E-state index contributed by atoms with van der Waals surface area (Å²) in [6.45, 7) is 0. The van der Waals surface area contributed by atoms with E-state index in [1.807, 2.05) is 0 Å². The van der Waals surface area contributed by atoms with Crippen LogP contribution in [0.25, 0.3) is 22.3 Å². The van der Waals surface area contributed by atoms with Crippen LogP contribution in [0.15, 0.2) is 155 Å². The quantitative estimate of drug-likeness (QED) is 0.145. The first-order valence-corrected chi connectivity index (χ1v) is 18.3. The maximum Gasteiger partial charge on any atom is 0.0719 e. The molecule has 7 aromatic carbocycles. The molecular formula is C46H28Br2. The minimum absolute atomic E-state index is 0.414. The van der Waals surface area contributed by atoms with Gasteiger partial charge in [-0.25, -0.2) is 0 Å². The molecule has 0 heterocycles. The number of rotatable bonds is 0. The zero-order valence-corrected chi connectivity index (χ0v) is 29.2. The van der Waals surface area contributed by atoms with Crippen molar-refractivity contribution < 1.29 is 0 Å². The van der Waals surface area contributed by atoms with Gasteiger partial charge in [-0.3, -0.25) is 0 Å². The Labute approximate surface area is 297 Å². The van der Waals surface area contributed by atoms with Crippen LogP contribution < -0.4 is 0 Å². The molecule has 0 amide bonds. The highest BCUT2D eigenvalue weighted by Gasteiger charge is 2.54. The van der Waals surface area contributed by atoms with E-state index in [0.717, 1.165) is 21.8 Å². The summed E-state index contributed by atoms with van der Waals surface area (Å²) in [6.07, 6.45) is 1.90. The molecule has 2 spiro atoms. The van der Waals surface area contributed by atoms with Crippen molar-refractivity contribution in [1.29, 1.82) is 0 Å². The highest BCUT2D eigenvalue weighted by Crippen LogP contribution is 2.65. The molecule has 0 radical (unpaired) electrons. The fourth-order valence-electron chi connectivity index (χ4n) is 10.1. The second-order valence-electron chi connectivity index (χ2n) is 13.8. The van der Waals surface area contributed by atoms with E-state index in [1.165, 1.54) is 89.0 Å². The Bertz CT molecular complexity index is 2280. The lowest BCUT2D eigenvalue weighted by Gasteiger charge is -2.41. The molecule has 0 saturated carbocycles. The van der Waals surface area contributed by atoms with Crippen LogP contribution >= 0.6 is 31.9 Å². The van der Waals surface area contributed by atoms with Crippen molar-refractivity contribution >= 4 is 31.9 Å². The third-order valence-corrected chi connectivity index (χ3v) is 12.8. The molecule has 226 valence electrons. The molecule has 0 unspecified atom stereocenters. The largest absolute Gasteiger partial charge is 0.0719 e. The molecule has 0 atom stereocenters. The third-order valence-electron chi connectivity index (χ3n) is 11.8. The predicted octanol–water partition coefficient (Wildman–Crippen LogP) is 11.7. The van der Waals surface area contributed by atoms with Crippen LogP contribution in [0.4, 0.5) is 0 Å². The van der Waals surface area contributed by atoms with Crippen molar-refractivity contribution in [3.63, 3.8) is 0 Å². The average molecular weight is 741 g/mol. The van der Waals surface area contributed by atoms with Gasteiger partial charge >= 0.3 is 0 Å². The van der Waals surface area contributed by atoms with Crippen LogP contribution in [0.3, 0.4) is 0 Å². The first-order valence-electron chi connectivity index (χ1n) is 16.7. The lowest BCUT2D eigenvalue weighted by molar-refractivity contribution is 0.714. The molecule has 0 bridgehead atoms. The van der Waals surface area contributed by atoms with E-state index in [-0.39, 0.29) is 0 Å². The standard InChI is InChI=1S/C46H28Br2/c47-31-17-19-33-35-26-44-36(25-43(35)45(41(33)23-31)37-13-5-1-9-27(37)21-28-10-2-6-14-38(28)45)34-20-18-32(48)24-42(34)46(44)39-15-7-3-11-29(39)22-30-12-4-8-16-40(30)46/h1-20,23-26H,21-22H2. The van der Waals surface area contributed by atoms with Gasteiger partial charge in [0.15, 0.2) is 0 Å². The fourth-order valence-corrected chi connectivity index (χ4v) is 10.8. The van der Waals surface area contributed by atoms with Crippen LogP contribution in [0.5, 0.6) is 0 Å². The molecule has 7 aromatic rings. The summed E-state index contributed by atoms with van der Waals surface area (Å²) in [7, 11) is 0. The Morgan fingerprint density at radius 1 is 0.312 bits per heavy atom. The van der Waals surface area contributed by atoms with Crippen LogP contribution in [-0.4, -0.2) is 0 Å². The van der Waals surface area contributed by atoms with Gasteiger partial charge in [0.1, 0.15) is 0 Å². The van der Waals surface area contributed by atoms with Gasteiger partial charge in [0.25, 0.3) is 0 Å².